The average molecular weight is 270 g/mol. The topological polar surface area (TPSA) is 72.3 Å². The van der Waals surface area contributed by atoms with Gasteiger partial charge in [0.25, 0.3) is 0 Å². The molecule has 0 saturated heterocycles. The van der Waals surface area contributed by atoms with E-state index in [1.807, 2.05) is 11.9 Å². The van der Waals surface area contributed by atoms with Gasteiger partial charge >= 0.3 is 0 Å². The Morgan fingerprint density at radius 3 is 2.50 bits per heavy atom. The Morgan fingerprint density at radius 1 is 1.44 bits per heavy atom. The molecule has 1 rings (SSSR count). The lowest BCUT2D eigenvalue weighted by atomic mass is 9.93. The minimum atomic E-state index is -0.478. The third-order valence-corrected chi connectivity index (χ3v) is 3.16. The minimum absolute atomic E-state index is 0.000434. The van der Waals surface area contributed by atoms with Crippen molar-refractivity contribution in [1.82, 2.24) is 0 Å². The van der Waals surface area contributed by atoms with E-state index in [0.29, 0.717) is 17.1 Å². The fourth-order valence-electron chi connectivity index (χ4n) is 1.76. The Hall–Kier alpha value is -1.26. The van der Waals surface area contributed by atoms with Gasteiger partial charge in [0.2, 0.25) is 5.91 Å². The lowest BCUT2D eigenvalue weighted by Gasteiger charge is -2.31. The lowest BCUT2D eigenvalue weighted by Crippen LogP contribution is -2.36. The van der Waals surface area contributed by atoms with Crippen LogP contribution in [0.15, 0.2) is 18.2 Å². The molecule has 0 aromatic heterocycles. The Kier molecular flexibility index (Phi) is 4.59. The van der Waals surface area contributed by atoms with E-state index in [-0.39, 0.29) is 5.41 Å². The molecular weight excluding hydrogens is 250 g/mol. The van der Waals surface area contributed by atoms with Crippen molar-refractivity contribution in [1.29, 1.82) is 0 Å². The van der Waals surface area contributed by atoms with Crippen molar-refractivity contribution in [2.24, 2.45) is 16.9 Å². The van der Waals surface area contributed by atoms with Crippen LogP contribution in [0.3, 0.4) is 0 Å². The number of halogens is 1. The van der Waals surface area contributed by atoms with Crippen LogP contribution in [0.25, 0.3) is 0 Å². The molecule has 0 bridgehead atoms. The normalized spacial score (nSPS) is 11.4. The second kappa shape index (κ2) is 5.59. The van der Waals surface area contributed by atoms with E-state index in [2.05, 4.69) is 13.8 Å². The third-order valence-electron chi connectivity index (χ3n) is 2.86. The fraction of sp³-hybridized carbons (Fsp3) is 0.462. The Labute approximate surface area is 113 Å². The zero-order chi connectivity index (χ0) is 13.9. The molecule has 1 aromatic rings. The summed E-state index contributed by atoms with van der Waals surface area (Å²) in [4.78, 5) is 13.1. The van der Waals surface area contributed by atoms with Crippen molar-refractivity contribution in [2.45, 2.75) is 13.8 Å². The molecule has 0 aliphatic heterocycles. The van der Waals surface area contributed by atoms with Crippen LogP contribution in [0.4, 0.5) is 5.69 Å². The van der Waals surface area contributed by atoms with Crippen LogP contribution < -0.4 is 16.4 Å². The third kappa shape index (κ3) is 3.62. The second-order valence-corrected chi connectivity index (χ2v) is 5.66. The maximum atomic E-state index is 11.0. The van der Waals surface area contributed by atoms with Crippen LogP contribution in [0.5, 0.6) is 0 Å². The van der Waals surface area contributed by atoms with E-state index >= 15 is 0 Å². The number of carbonyl (C=O) groups is 1. The number of rotatable bonds is 5. The van der Waals surface area contributed by atoms with Crippen molar-refractivity contribution >= 4 is 23.2 Å². The number of primary amides is 1. The number of nitrogens with zero attached hydrogens (tertiary/aromatic N) is 1. The van der Waals surface area contributed by atoms with Crippen LogP contribution in [0.2, 0.25) is 5.02 Å². The molecule has 4 nitrogen and oxygen atoms in total. The molecule has 0 aliphatic carbocycles. The maximum Gasteiger partial charge on any atom is 0.248 e. The van der Waals surface area contributed by atoms with Gasteiger partial charge in [0.15, 0.2) is 0 Å². The van der Waals surface area contributed by atoms with Crippen LogP contribution in [-0.2, 0) is 0 Å². The van der Waals surface area contributed by atoms with Crippen LogP contribution in [0.1, 0.15) is 24.2 Å². The van der Waals surface area contributed by atoms with Gasteiger partial charge in [-0.15, -0.1) is 0 Å². The van der Waals surface area contributed by atoms with Gasteiger partial charge in [-0.3, -0.25) is 4.79 Å². The molecule has 1 aromatic carbocycles. The number of hydrogen-bond acceptors (Lipinski definition) is 3. The quantitative estimate of drug-likeness (QED) is 0.857. The highest BCUT2D eigenvalue weighted by Crippen LogP contribution is 2.28. The number of anilines is 1. The molecule has 4 N–H and O–H groups in total. The molecule has 0 fully saturated rings. The molecule has 100 valence electrons. The van der Waals surface area contributed by atoms with Gasteiger partial charge in [0.1, 0.15) is 0 Å². The van der Waals surface area contributed by atoms with Gasteiger partial charge in [-0.05, 0) is 30.2 Å². The predicted octanol–water partition coefficient (Wildman–Crippen LogP) is 1.86. The summed E-state index contributed by atoms with van der Waals surface area (Å²) in [7, 11) is 1.95. The van der Waals surface area contributed by atoms with Crippen molar-refractivity contribution in [3.63, 3.8) is 0 Å². The highest BCUT2D eigenvalue weighted by atomic mass is 35.5. The SMILES string of the molecule is CN(CC(C)(C)CN)c1ccc(C(N)=O)cc1Cl. The van der Waals surface area contributed by atoms with E-state index < -0.39 is 5.91 Å². The highest BCUT2D eigenvalue weighted by Gasteiger charge is 2.19. The van der Waals surface area contributed by atoms with Crippen LogP contribution >= 0.6 is 11.6 Å². The van der Waals surface area contributed by atoms with Gasteiger partial charge in [-0.25, -0.2) is 0 Å². The first-order chi connectivity index (χ1) is 8.26. The summed E-state index contributed by atoms with van der Waals surface area (Å²) >= 11 is 6.16. The molecule has 0 aliphatic rings. The summed E-state index contributed by atoms with van der Waals surface area (Å²) < 4.78 is 0. The molecule has 0 heterocycles. The molecule has 5 heteroatoms. The summed E-state index contributed by atoms with van der Waals surface area (Å²) in [5.74, 6) is -0.478. The van der Waals surface area contributed by atoms with E-state index in [1.165, 1.54) is 0 Å². The molecule has 1 amide bonds. The van der Waals surface area contributed by atoms with E-state index in [1.54, 1.807) is 18.2 Å². The zero-order valence-corrected chi connectivity index (χ0v) is 11.8. The monoisotopic (exact) mass is 269 g/mol. The fourth-order valence-corrected chi connectivity index (χ4v) is 2.09. The summed E-state index contributed by atoms with van der Waals surface area (Å²) in [5, 5.41) is 0.515. The Bertz CT molecular complexity index is 446. The maximum absolute atomic E-state index is 11.0. The Balaban J connectivity index is 2.93. The second-order valence-electron chi connectivity index (χ2n) is 5.25. The molecule has 0 saturated carbocycles. The predicted molar refractivity (Wildman–Crippen MR) is 76.1 cm³/mol. The van der Waals surface area contributed by atoms with Gasteiger partial charge in [-0.2, -0.15) is 0 Å². The van der Waals surface area contributed by atoms with Gasteiger partial charge in [-0.1, -0.05) is 25.4 Å². The van der Waals surface area contributed by atoms with E-state index in [4.69, 9.17) is 23.1 Å². The van der Waals surface area contributed by atoms with Crippen molar-refractivity contribution in [2.75, 3.05) is 25.0 Å². The highest BCUT2D eigenvalue weighted by molar-refractivity contribution is 6.33. The largest absolute Gasteiger partial charge is 0.373 e. The number of nitrogens with two attached hydrogens (primary N) is 2. The van der Waals surface area contributed by atoms with Crippen molar-refractivity contribution < 1.29 is 4.79 Å². The lowest BCUT2D eigenvalue weighted by molar-refractivity contribution is 0.100. The van der Waals surface area contributed by atoms with E-state index in [0.717, 1.165) is 12.2 Å². The van der Waals surface area contributed by atoms with Gasteiger partial charge in [0.05, 0.1) is 10.7 Å². The van der Waals surface area contributed by atoms with Crippen LogP contribution in [-0.4, -0.2) is 26.0 Å². The first-order valence-corrected chi connectivity index (χ1v) is 6.15. The number of amides is 1. The van der Waals surface area contributed by atoms with Crippen molar-refractivity contribution in [3.05, 3.63) is 28.8 Å². The van der Waals surface area contributed by atoms with Gasteiger partial charge < -0.3 is 16.4 Å². The molecule has 18 heavy (non-hydrogen) atoms. The Morgan fingerprint density at radius 2 is 2.06 bits per heavy atom. The number of hydrogen-bond donors (Lipinski definition) is 2. The average Bonchev–Trinajstić information content (AvgIpc) is 2.28. The molecule has 0 spiro atoms. The first-order valence-electron chi connectivity index (χ1n) is 5.77. The number of benzene rings is 1. The van der Waals surface area contributed by atoms with E-state index in [9.17, 15) is 4.79 Å². The standard InChI is InChI=1S/C13H20ClN3O/c1-13(2,7-15)8-17(3)11-5-4-9(12(16)18)6-10(11)14/h4-6H,7-8,15H2,1-3H3,(H2,16,18). The number of carbonyl (C=O) groups excluding carboxylic acids is 1. The summed E-state index contributed by atoms with van der Waals surface area (Å²) in [5.41, 5.74) is 12.2. The summed E-state index contributed by atoms with van der Waals surface area (Å²) in [6.45, 7) is 5.55. The molecular formula is C13H20ClN3O. The zero-order valence-electron chi connectivity index (χ0n) is 11.0. The first kappa shape index (κ1) is 14.8. The van der Waals surface area contributed by atoms with Crippen molar-refractivity contribution in [3.8, 4) is 0 Å². The summed E-state index contributed by atoms with van der Waals surface area (Å²) in [6, 6.07) is 5.07. The smallest absolute Gasteiger partial charge is 0.248 e. The molecule has 0 radical (unpaired) electrons. The minimum Gasteiger partial charge on any atom is -0.373 e. The van der Waals surface area contributed by atoms with Crippen LogP contribution in [0, 0.1) is 5.41 Å². The summed E-state index contributed by atoms with van der Waals surface area (Å²) in [6.07, 6.45) is 0. The molecule has 0 atom stereocenters. The van der Waals surface area contributed by atoms with Gasteiger partial charge in [0, 0.05) is 19.2 Å². The molecule has 0 unspecified atom stereocenters.